The SMILES string of the molecule is CCCCCC(=O)C[C@@H]1[C@@H](/C=C/[C@@H](O)COc2ccccc2)[C@H](O)C[C@@H]1O. The van der Waals surface area contributed by atoms with Crippen molar-refractivity contribution in [2.24, 2.45) is 11.8 Å². The standard InChI is InChI=1S/C22H32O5/c1-2-3-5-8-16(23)13-20-19(21(25)14-22(20)26)12-11-17(24)15-27-18-9-6-4-7-10-18/h4,6-7,9-12,17,19-22,24-26H,2-3,5,8,13-15H2,1H3/b12-11+/t17-,19-,20-,21-,22+/m1/s1. The fraction of sp³-hybridized carbons (Fsp3) is 0.591. The van der Waals surface area contributed by atoms with Gasteiger partial charge >= 0.3 is 0 Å². The number of aliphatic hydroxyl groups excluding tert-OH is 3. The molecule has 3 N–H and O–H groups in total. The summed E-state index contributed by atoms with van der Waals surface area (Å²) >= 11 is 0. The van der Waals surface area contributed by atoms with Crippen LogP contribution in [0.3, 0.4) is 0 Å². The number of unbranched alkanes of at least 4 members (excludes halogenated alkanes) is 2. The Bertz CT molecular complexity index is 586. The smallest absolute Gasteiger partial charge is 0.133 e. The number of hydrogen-bond acceptors (Lipinski definition) is 5. The molecule has 0 aliphatic heterocycles. The molecule has 5 atom stereocenters. The predicted octanol–water partition coefficient (Wildman–Crippen LogP) is 2.88. The van der Waals surface area contributed by atoms with Gasteiger partial charge in [0.25, 0.3) is 0 Å². The maximum Gasteiger partial charge on any atom is 0.133 e. The van der Waals surface area contributed by atoms with Gasteiger partial charge in [0.1, 0.15) is 24.2 Å². The molecule has 0 aromatic heterocycles. The van der Waals surface area contributed by atoms with Gasteiger partial charge in [-0.1, -0.05) is 50.1 Å². The number of ether oxygens (including phenoxy) is 1. The summed E-state index contributed by atoms with van der Waals surface area (Å²) in [5.74, 6) is 0.180. The monoisotopic (exact) mass is 376 g/mol. The molecule has 0 unspecified atom stereocenters. The van der Waals surface area contributed by atoms with Crippen molar-refractivity contribution in [3.05, 3.63) is 42.5 Å². The van der Waals surface area contributed by atoms with Crippen molar-refractivity contribution in [3.63, 3.8) is 0 Å². The van der Waals surface area contributed by atoms with Gasteiger partial charge in [-0.05, 0) is 18.6 Å². The van der Waals surface area contributed by atoms with E-state index in [1.807, 2.05) is 30.3 Å². The third kappa shape index (κ3) is 7.09. The minimum atomic E-state index is -0.823. The highest BCUT2D eigenvalue weighted by atomic mass is 16.5. The fourth-order valence-corrected chi connectivity index (χ4v) is 3.61. The molecule has 1 aliphatic rings. The van der Waals surface area contributed by atoms with Gasteiger partial charge in [0.15, 0.2) is 0 Å². The molecule has 5 nitrogen and oxygen atoms in total. The Balaban J connectivity index is 1.87. The summed E-state index contributed by atoms with van der Waals surface area (Å²) in [6.07, 6.45) is 5.11. The van der Waals surface area contributed by atoms with Crippen LogP contribution in [0, 0.1) is 11.8 Å². The van der Waals surface area contributed by atoms with Crippen LogP contribution in [0.15, 0.2) is 42.5 Å². The Morgan fingerprint density at radius 2 is 1.96 bits per heavy atom. The number of Topliss-reactive ketones (excluding diaryl/α,β-unsaturated/α-hetero) is 1. The lowest BCUT2D eigenvalue weighted by molar-refractivity contribution is -0.121. The van der Waals surface area contributed by atoms with Crippen molar-refractivity contribution in [3.8, 4) is 5.75 Å². The summed E-state index contributed by atoms with van der Waals surface area (Å²) in [4.78, 5) is 12.2. The second-order valence-corrected chi connectivity index (χ2v) is 7.39. The van der Waals surface area contributed by atoms with Crippen LogP contribution >= 0.6 is 0 Å². The minimum absolute atomic E-state index is 0.104. The van der Waals surface area contributed by atoms with Gasteiger partial charge in [-0.15, -0.1) is 0 Å². The van der Waals surface area contributed by atoms with Crippen LogP contribution in [0.5, 0.6) is 5.75 Å². The second-order valence-electron chi connectivity index (χ2n) is 7.39. The van der Waals surface area contributed by atoms with E-state index >= 15 is 0 Å². The van der Waals surface area contributed by atoms with Gasteiger partial charge in [-0.25, -0.2) is 0 Å². The first-order valence-corrected chi connectivity index (χ1v) is 9.93. The topological polar surface area (TPSA) is 87.0 Å². The molecule has 0 heterocycles. The van der Waals surface area contributed by atoms with Crippen molar-refractivity contribution >= 4 is 5.78 Å². The van der Waals surface area contributed by atoms with E-state index in [0.717, 1.165) is 19.3 Å². The van der Waals surface area contributed by atoms with Crippen LogP contribution in [0.1, 0.15) is 45.4 Å². The van der Waals surface area contributed by atoms with Crippen LogP contribution < -0.4 is 4.74 Å². The van der Waals surface area contributed by atoms with Crippen molar-refractivity contribution in [2.75, 3.05) is 6.61 Å². The third-order valence-corrected chi connectivity index (χ3v) is 5.16. The molecular weight excluding hydrogens is 344 g/mol. The number of hydrogen-bond donors (Lipinski definition) is 3. The van der Waals surface area contributed by atoms with E-state index in [2.05, 4.69) is 6.92 Å². The molecular formula is C22H32O5. The zero-order valence-electron chi connectivity index (χ0n) is 16.0. The van der Waals surface area contributed by atoms with Gasteiger partial charge in [0.2, 0.25) is 0 Å². The lowest BCUT2D eigenvalue weighted by Crippen LogP contribution is -2.24. The molecule has 0 amide bonds. The highest BCUT2D eigenvalue weighted by molar-refractivity contribution is 5.78. The lowest BCUT2D eigenvalue weighted by Gasteiger charge is -2.20. The van der Waals surface area contributed by atoms with E-state index in [0.29, 0.717) is 12.2 Å². The van der Waals surface area contributed by atoms with Gasteiger partial charge in [0, 0.05) is 31.1 Å². The Morgan fingerprint density at radius 3 is 2.67 bits per heavy atom. The molecule has 2 rings (SSSR count). The lowest BCUT2D eigenvalue weighted by atomic mass is 9.87. The van der Waals surface area contributed by atoms with E-state index in [1.54, 1.807) is 12.2 Å². The number of carbonyl (C=O) groups is 1. The minimum Gasteiger partial charge on any atom is -0.491 e. The average Bonchev–Trinajstić information content (AvgIpc) is 2.92. The summed E-state index contributed by atoms with van der Waals surface area (Å²) in [6, 6.07) is 9.23. The zero-order chi connectivity index (χ0) is 19.6. The summed E-state index contributed by atoms with van der Waals surface area (Å²) in [6.45, 7) is 2.20. The van der Waals surface area contributed by atoms with Crippen LogP contribution in [0.4, 0.5) is 0 Å². The molecule has 1 aromatic carbocycles. The molecule has 5 heteroatoms. The van der Waals surface area contributed by atoms with E-state index in [4.69, 9.17) is 4.74 Å². The van der Waals surface area contributed by atoms with E-state index in [9.17, 15) is 20.1 Å². The van der Waals surface area contributed by atoms with Gasteiger partial charge in [0.05, 0.1) is 12.2 Å². The average molecular weight is 376 g/mol. The number of ketones is 1. The molecule has 0 bridgehead atoms. The molecule has 1 saturated carbocycles. The quantitative estimate of drug-likeness (QED) is 0.408. The number of aliphatic hydroxyl groups is 3. The highest BCUT2D eigenvalue weighted by Crippen LogP contribution is 2.36. The zero-order valence-corrected chi connectivity index (χ0v) is 16.0. The first-order chi connectivity index (χ1) is 13.0. The summed E-state index contributed by atoms with van der Waals surface area (Å²) in [5, 5.41) is 30.6. The molecule has 1 fully saturated rings. The maximum absolute atomic E-state index is 12.2. The Morgan fingerprint density at radius 1 is 1.22 bits per heavy atom. The first-order valence-electron chi connectivity index (χ1n) is 9.93. The van der Waals surface area contributed by atoms with E-state index < -0.39 is 18.3 Å². The number of benzene rings is 1. The molecule has 150 valence electrons. The van der Waals surface area contributed by atoms with Gasteiger partial charge in [-0.2, -0.15) is 0 Å². The van der Waals surface area contributed by atoms with E-state index in [1.165, 1.54) is 0 Å². The Kier molecular flexibility index (Phi) is 8.98. The third-order valence-electron chi connectivity index (χ3n) is 5.16. The molecule has 1 aromatic rings. The first kappa shape index (κ1) is 21.6. The van der Waals surface area contributed by atoms with E-state index in [-0.39, 0.29) is 37.1 Å². The largest absolute Gasteiger partial charge is 0.491 e. The summed E-state index contributed by atoms with van der Waals surface area (Å²) < 4.78 is 5.51. The van der Waals surface area contributed by atoms with Crippen molar-refractivity contribution in [1.29, 1.82) is 0 Å². The second kappa shape index (κ2) is 11.2. The molecule has 0 spiro atoms. The normalized spacial score (nSPS) is 26.4. The van der Waals surface area contributed by atoms with Crippen LogP contribution in [-0.2, 0) is 4.79 Å². The molecule has 0 radical (unpaired) electrons. The Hall–Kier alpha value is -1.69. The van der Waals surface area contributed by atoms with Crippen molar-refractivity contribution in [1.82, 2.24) is 0 Å². The Labute approximate surface area is 161 Å². The molecule has 0 saturated heterocycles. The van der Waals surface area contributed by atoms with Gasteiger partial charge < -0.3 is 20.1 Å². The number of rotatable bonds is 11. The fourth-order valence-electron chi connectivity index (χ4n) is 3.61. The molecule has 1 aliphatic carbocycles. The highest BCUT2D eigenvalue weighted by Gasteiger charge is 2.41. The van der Waals surface area contributed by atoms with Gasteiger partial charge in [-0.3, -0.25) is 4.79 Å². The number of carbonyl (C=O) groups excluding carboxylic acids is 1. The maximum atomic E-state index is 12.2. The summed E-state index contributed by atoms with van der Waals surface area (Å²) in [5.41, 5.74) is 0. The van der Waals surface area contributed by atoms with Crippen molar-refractivity contribution < 1.29 is 24.9 Å². The number of para-hydroxylation sites is 1. The van der Waals surface area contributed by atoms with Crippen LogP contribution in [-0.4, -0.2) is 46.0 Å². The molecule has 27 heavy (non-hydrogen) atoms. The summed E-state index contributed by atoms with van der Waals surface area (Å²) in [7, 11) is 0. The van der Waals surface area contributed by atoms with Crippen LogP contribution in [0.25, 0.3) is 0 Å². The predicted molar refractivity (Wildman–Crippen MR) is 104 cm³/mol. The van der Waals surface area contributed by atoms with Crippen LogP contribution in [0.2, 0.25) is 0 Å². The van der Waals surface area contributed by atoms with Crippen molar-refractivity contribution in [2.45, 2.75) is 63.8 Å².